The van der Waals surface area contributed by atoms with Crippen LogP contribution >= 0.6 is 0 Å². The lowest BCUT2D eigenvalue weighted by molar-refractivity contribution is -0.122. The molecule has 0 unspecified atom stereocenters. The number of rotatable bonds is 9. The van der Waals surface area contributed by atoms with Gasteiger partial charge in [0.2, 0.25) is 15.9 Å². The maximum Gasteiger partial charge on any atom is 0.243 e. The first kappa shape index (κ1) is 22.5. The molecule has 0 fully saturated rings. The Morgan fingerprint density at radius 1 is 1.17 bits per heavy atom. The van der Waals surface area contributed by atoms with Gasteiger partial charge in [0.1, 0.15) is 17.5 Å². The molecule has 0 radical (unpaired) electrons. The van der Waals surface area contributed by atoms with Crippen LogP contribution in [0.5, 0.6) is 11.5 Å². The molecule has 0 aliphatic carbocycles. The quantitative estimate of drug-likeness (QED) is 0.674. The maximum absolute atomic E-state index is 12.7. The summed E-state index contributed by atoms with van der Waals surface area (Å²) in [5.41, 5.74) is 2.07. The van der Waals surface area contributed by atoms with E-state index in [9.17, 15) is 13.2 Å². The number of nitrogens with one attached hydrogen (secondary N) is 1. The van der Waals surface area contributed by atoms with E-state index >= 15 is 0 Å². The van der Waals surface area contributed by atoms with Crippen molar-refractivity contribution in [2.24, 2.45) is 0 Å². The number of nitrogens with zero attached hydrogens (tertiary/aromatic N) is 1. The van der Waals surface area contributed by atoms with Crippen LogP contribution in [-0.4, -0.2) is 40.3 Å². The van der Waals surface area contributed by atoms with Crippen molar-refractivity contribution in [1.29, 1.82) is 0 Å². The van der Waals surface area contributed by atoms with Gasteiger partial charge in [-0.25, -0.2) is 8.42 Å². The molecule has 0 bridgehead atoms. The standard InChI is InChI=1S/C21H28N2O5S/c1-6-28-18-10-8-17(9-11-18)14-22-21(24)16(3)23(29(5,25)26)19-13-15(2)7-12-20(19)27-4/h7-13,16H,6,14H2,1-5H3,(H,22,24)/t16-/m1/s1. The highest BCUT2D eigenvalue weighted by molar-refractivity contribution is 7.92. The first-order valence-electron chi connectivity index (χ1n) is 9.30. The zero-order valence-corrected chi connectivity index (χ0v) is 18.2. The van der Waals surface area contributed by atoms with Gasteiger partial charge in [-0.15, -0.1) is 0 Å². The van der Waals surface area contributed by atoms with E-state index in [-0.39, 0.29) is 6.54 Å². The zero-order chi connectivity index (χ0) is 21.6. The Labute approximate surface area is 172 Å². The average molecular weight is 421 g/mol. The third kappa shape index (κ3) is 5.87. The number of methoxy groups -OCH3 is 1. The minimum atomic E-state index is -3.73. The van der Waals surface area contributed by atoms with Gasteiger partial charge in [-0.2, -0.15) is 0 Å². The van der Waals surface area contributed by atoms with E-state index in [4.69, 9.17) is 9.47 Å². The van der Waals surface area contributed by atoms with Crippen LogP contribution < -0.4 is 19.1 Å². The number of sulfonamides is 1. The fourth-order valence-corrected chi connectivity index (χ4v) is 4.13. The summed E-state index contributed by atoms with van der Waals surface area (Å²) in [6.45, 7) is 6.16. The Kier molecular flexibility index (Phi) is 7.50. The van der Waals surface area contributed by atoms with Crippen LogP contribution in [-0.2, 0) is 21.4 Å². The molecule has 1 N–H and O–H groups in total. The molecule has 2 rings (SSSR count). The first-order chi connectivity index (χ1) is 13.7. The fraction of sp³-hybridized carbons (Fsp3) is 0.381. The minimum Gasteiger partial charge on any atom is -0.495 e. The van der Waals surface area contributed by atoms with Crippen molar-refractivity contribution in [3.8, 4) is 11.5 Å². The van der Waals surface area contributed by atoms with E-state index in [0.717, 1.165) is 27.4 Å². The molecule has 1 amide bonds. The summed E-state index contributed by atoms with van der Waals surface area (Å²) in [5.74, 6) is 0.728. The summed E-state index contributed by atoms with van der Waals surface area (Å²) >= 11 is 0. The number of ether oxygens (including phenoxy) is 2. The van der Waals surface area contributed by atoms with Crippen molar-refractivity contribution in [3.63, 3.8) is 0 Å². The Balaban J connectivity index is 2.20. The van der Waals surface area contributed by atoms with Crippen molar-refractivity contribution in [2.45, 2.75) is 33.4 Å². The number of hydrogen-bond acceptors (Lipinski definition) is 5. The molecule has 0 heterocycles. The number of anilines is 1. The van der Waals surface area contributed by atoms with Gasteiger partial charge in [-0.1, -0.05) is 18.2 Å². The predicted octanol–water partition coefficient (Wildman–Crippen LogP) is 2.87. The normalized spacial score (nSPS) is 12.2. The number of hydrogen-bond donors (Lipinski definition) is 1. The third-order valence-electron chi connectivity index (χ3n) is 4.36. The molecule has 0 saturated carbocycles. The Morgan fingerprint density at radius 2 is 1.83 bits per heavy atom. The molecular formula is C21H28N2O5S. The van der Waals surface area contributed by atoms with Crippen LogP contribution in [0.2, 0.25) is 0 Å². The fourth-order valence-electron chi connectivity index (χ4n) is 2.96. The van der Waals surface area contributed by atoms with Gasteiger partial charge in [0.15, 0.2) is 0 Å². The van der Waals surface area contributed by atoms with E-state index in [2.05, 4.69) is 5.32 Å². The van der Waals surface area contributed by atoms with E-state index in [1.165, 1.54) is 7.11 Å². The second kappa shape index (κ2) is 9.65. The third-order valence-corrected chi connectivity index (χ3v) is 5.59. The molecule has 158 valence electrons. The molecule has 0 aromatic heterocycles. The van der Waals surface area contributed by atoms with Crippen molar-refractivity contribution in [2.75, 3.05) is 24.3 Å². The van der Waals surface area contributed by atoms with Crippen LogP contribution in [0.4, 0.5) is 5.69 Å². The van der Waals surface area contributed by atoms with Gasteiger partial charge in [0, 0.05) is 6.54 Å². The topological polar surface area (TPSA) is 84.9 Å². The second-order valence-electron chi connectivity index (χ2n) is 6.70. The maximum atomic E-state index is 12.7. The minimum absolute atomic E-state index is 0.276. The van der Waals surface area contributed by atoms with Gasteiger partial charge in [-0.05, 0) is 56.2 Å². The van der Waals surface area contributed by atoms with Gasteiger partial charge >= 0.3 is 0 Å². The highest BCUT2D eigenvalue weighted by atomic mass is 32.2. The molecule has 0 spiro atoms. The number of aryl methyl sites for hydroxylation is 1. The Bertz CT molecular complexity index is 942. The molecule has 8 heteroatoms. The highest BCUT2D eigenvalue weighted by Crippen LogP contribution is 2.32. The van der Waals surface area contributed by atoms with Crippen LogP contribution in [0.15, 0.2) is 42.5 Å². The van der Waals surface area contributed by atoms with Gasteiger partial charge in [0.05, 0.1) is 25.7 Å². The summed E-state index contributed by atoms with van der Waals surface area (Å²) in [5, 5.41) is 2.80. The van der Waals surface area contributed by atoms with Gasteiger partial charge in [-0.3, -0.25) is 9.10 Å². The van der Waals surface area contributed by atoms with Crippen LogP contribution in [0.3, 0.4) is 0 Å². The van der Waals surface area contributed by atoms with Crippen LogP contribution in [0.25, 0.3) is 0 Å². The highest BCUT2D eigenvalue weighted by Gasteiger charge is 2.31. The molecule has 0 aliphatic rings. The van der Waals surface area contributed by atoms with Gasteiger partial charge < -0.3 is 14.8 Å². The van der Waals surface area contributed by atoms with E-state index in [1.54, 1.807) is 19.1 Å². The van der Waals surface area contributed by atoms with Crippen LogP contribution in [0.1, 0.15) is 25.0 Å². The zero-order valence-electron chi connectivity index (χ0n) is 17.4. The number of benzene rings is 2. The average Bonchev–Trinajstić information content (AvgIpc) is 2.66. The van der Waals surface area contributed by atoms with Crippen molar-refractivity contribution in [3.05, 3.63) is 53.6 Å². The van der Waals surface area contributed by atoms with Crippen molar-refractivity contribution >= 4 is 21.6 Å². The SMILES string of the molecule is CCOc1ccc(CNC(=O)[C@@H](C)N(c2cc(C)ccc2OC)S(C)(=O)=O)cc1. The summed E-state index contributed by atoms with van der Waals surface area (Å²) in [7, 11) is -2.27. The molecule has 1 atom stereocenters. The lowest BCUT2D eigenvalue weighted by Gasteiger charge is -2.29. The van der Waals surface area contributed by atoms with Crippen molar-refractivity contribution < 1.29 is 22.7 Å². The second-order valence-corrected chi connectivity index (χ2v) is 8.56. The van der Waals surface area contributed by atoms with E-state index < -0.39 is 22.0 Å². The van der Waals surface area contributed by atoms with Gasteiger partial charge in [0.25, 0.3) is 0 Å². The summed E-state index contributed by atoms with van der Waals surface area (Å²) in [6.07, 6.45) is 1.07. The number of carbonyl (C=O) groups is 1. The first-order valence-corrected chi connectivity index (χ1v) is 11.2. The molecule has 2 aromatic rings. The summed E-state index contributed by atoms with van der Waals surface area (Å²) in [6, 6.07) is 11.6. The number of amides is 1. The van der Waals surface area contributed by atoms with Crippen LogP contribution in [0, 0.1) is 6.92 Å². The molecule has 2 aromatic carbocycles. The molecule has 7 nitrogen and oxygen atoms in total. The lowest BCUT2D eigenvalue weighted by Crippen LogP contribution is -2.47. The Hall–Kier alpha value is -2.74. The molecule has 0 saturated heterocycles. The predicted molar refractivity (Wildman–Crippen MR) is 114 cm³/mol. The molecule has 29 heavy (non-hydrogen) atoms. The van der Waals surface area contributed by atoms with Crippen molar-refractivity contribution in [1.82, 2.24) is 5.32 Å². The van der Waals surface area contributed by atoms with E-state index in [0.29, 0.717) is 18.0 Å². The lowest BCUT2D eigenvalue weighted by atomic mass is 10.1. The summed E-state index contributed by atoms with van der Waals surface area (Å²) in [4.78, 5) is 12.7. The smallest absolute Gasteiger partial charge is 0.243 e. The van der Waals surface area contributed by atoms with E-state index in [1.807, 2.05) is 44.2 Å². The largest absolute Gasteiger partial charge is 0.495 e. The molecular weight excluding hydrogens is 392 g/mol. The summed E-state index contributed by atoms with van der Waals surface area (Å²) < 4.78 is 36.8. The number of carbonyl (C=O) groups excluding carboxylic acids is 1. The monoisotopic (exact) mass is 420 g/mol. The Morgan fingerprint density at radius 3 is 2.38 bits per heavy atom. The molecule has 0 aliphatic heterocycles.